The molecule has 0 aromatic heterocycles. The molecule has 6 aromatic rings. The Morgan fingerprint density at radius 3 is 1.32 bits per heavy atom. The Morgan fingerprint density at radius 2 is 0.975 bits per heavy atom. The van der Waals surface area contributed by atoms with Crippen molar-refractivity contribution in [2.24, 2.45) is 0 Å². The van der Waals surface area contributed by atoms with E-state index in [0.717, 1.165) is 11.5 Å². The van der Waals surface area contributed by atoms with Crippen LogP contribution in [0.3, 0.4) is 0 Å². The van der Waals surface area contributed by atoms with E-state index >= 15 is 0 Å². The van der Waals surface area contributed by atoms with Crippen LogP contribution >= 0.6 is 17.0 Å². The maximum absolute atomic E-state index is 6.32. The zero-order valence-corrected chi connectivity index (χ0v) is 28.1. The summed E-state index contributed by atoms with van der Waals surface area (Å²) in [6, 6.07) is 41.7. The number of rotatable bonds is 4. The Labute approximate surface area is 252 Å². The zero-order chi connectivity index (χ0) is 28.5. The summed E-state index contributed by atoms with van der Waals surface area (Å²) in [5, 5.41) is 7.59. The Hall–Kier alpha value is -2.62. The first-order chi connectivity index (χ1) is 19.4. The summed E-state index contributed by atoms with van der Waals surface area (Å²) in [6.45, 7) is 4.19. The normalized spacial score (nSPS) is 10.2. The van der Waals surface area contributed by atoms with Gasteiger partial charge in [0.1, 0.15) is 0 Å². The fourth-order valence-electron chi connectivity index (χ4n) is 4.66. The van der Waals surface area contributed by atoms with E-state index in [2.05, 4.69) is 98.8 Å². The number of hydrogen-bond acceptors (Lipinski definition) is 2. The average Bonchev–Trinajstić information content (AvgIpc) is 3.55. The van der Waals surface area contributed by atoms with Gasteiger partial charge < -0.3 is 9.47 Å². The summed E-state index contributed by atoms with van der Waals surface area (Å²) in [5.74, 6) is 1.92. The van der Waals surface area contributed by atoms with Gasteiger partial charge in [-0.25, -0.2) is 0 Å². The molecule has 2 nitrogen and oxygen atoms in total. The Balaban J connectivity index is 0.000000141. The second-order valence-electron chi connectivity index (χ2n) is 9.36. The van der Waals surface area contributed by atoms with Crippen LogP contribution in [0.25, 0.3) is 21.5 Å². The molecule has 0 saturated heterocycles. The Kier molecular flexibility index (Phi) is 11.3. The summed E-state index contributed by atoms with van der Waals surface area (Å²) in [7, 11) is 16.1. The molecule has 6 heteroatoms. The van der Waals surface area contributed by atoms with E-state index < -0.39 is 23.4 Å². The fourth-order valence-corrected chi connectivity index (χ4v) is 19.9. The third kappa shape index (κ3) is 7.77. The maximum atomic E-state index is 6.32. The van der Waals surface area contributed by atoms with Gasteiger partial charge in [0.25, 0.3) is 0 Å². The molecule has 0 aliphatic carbocycles. The van der Waals surface area contributed by atoms with Crippen LogP contribution in [-0.4, -0.2) is 19.7 Å². The predicted molar refractivity (Wildman–Crippen MR) is 171 cm³/mol. The van der Waals surface area contributed by atoms with Gasteiger partial charge in [-0.1, -0.05) is 24.6 Å². The second-order valence-corrected chi connectivity index (χ2v) is 28.6. The van der Waals surface area contributed by atoms with Gasteiger partial charge in [-0.15, -0.1) is 58.3 Å². The quantitative estimate of drug-likeness (QED) is 0.139. The second kappa shape index (κ2) is 14.8. The van der Waals surface area contributed by atoms with Crippen molar-refractivity contribution in [2.75, 3.05) is 14.2 Å². The zero-order valence-electron chi connectivity index (χ0n) is 23.1. The molecule has 0 amide bonds. The Morgan fingerprint density at radius 1 is 0.575 bits per heavy atom. The van der Waals surface area contributed by atoms with Crippen molar-refractivity contribution < 1.29 is 27.5 Å². The third-order valence-corrected chi connectivity index (χ3v) is 22.4. The van der Waals surface area contributed by atoms with Crippen molar-refractivity contribution in [3.63, 3.8) is 0 Å². The van der Waals surface area contributed by atoms with Gasteiger partial charge in [0.05, 0.1) is 25.7 Å². The van der Waals surface area contributed by atoms with Crippen molar-refractivity contribution in [3.05, 3.63) is 132 Å². The van der Waals surface area contributed by atoms with E-state index in [1.807, 2.05) is 36.4 Å². The first-order valence-corrected chi connectivity index (χ1v) is 24.5. The van der Waals surface area contributed by atoms with Gasteiger partial charge in [-0.05, 0) is 12.1 Å². The Bertz CT molecular complexity index is 1580. The molecule has 0 unspecified atom stereocenters. The molecule has 0 spiro atoms. The summed E-state index contributed by atoms with van der Waals surface area (Å²) < 4.78 is 10.5. The van der Waals surface area contributed by atoms with E-state index in [0.29, 0.717) is 0 Å². The van der Waals surface area contributed by atoms with E-state index in [1.54, 1.807) is 14.2 Å². The third-order valence-electron chi connectivity index (χ3n) is 6.46. The standard InChI is InChI=1S/C12H10Si.2C11H11O.2ClH.Zr/c1-3-7-11(8-4-1)13-12-9-5-2-6-10-12;2*1-8-6-9-4-3-5-11(12-2)10(9)7-8;;;/h1-10H;2*3-7H,1-2H3;2*1H;/q;2*-1;;;+2/p-2. The summed E-state index contributed by atoms with van der Waals surface area (Å²) >= 11 is -2.26. The number of ether oxygens (including phenoxy) is 2. The van der Waals surface area contributed by atoms with Crippen LogP contribution in [0.15, 0.2) is 121 Å². The molecule has 0 heterocycles. The predicted octanol–water partition coefficient (Wildman–Crippen LogP) is 8.47. The molecule has 0 saturated carbocycles. The van der Waals surface area contributed by atoms with Crippen LogP contribution in [0.2, 0.25) is 0 Å². The molecule has 40 heavy (non-hydrogen) atoms. The molecule has 0 bridgehead atoms. The molecule has 0 radical (unpaired) electrons. The minimum atomic E-state index is -2.26. The van der Waals surface area contributed by atoms with E-state index in [-0.39, 0.29) is 0 Å². The van der Waals surface area contributed by atoms with Crippen LogP contribution in [0.5, 0.6) is 11.5 Å². The molecule has 0 fully saturated rings. The minimum absolute atomic E-state index is 0.889. The molecule has 6 aromatic carbocycles. The number of aryl methyl sites for hydroxylation is 2. The van der Waals surface area contributed by atoms with E-state index in [1.165, 1.54) is 43.0 Å². The molecule has 0 aliphatic heterocycles. The summed E-state index contributed by atoms with van der Waals surface area (Å²) in [4.78, 5) is 0. The van der Waals surface area contributed by atoms with Gasteiger partial charge in [0.2, 0.25) is 0 Å². The topological polar surface area (TPSA) is 18.5 Å². The number of fused-ring (bicyclic) bond motifs is 2. The average molecular weight is 663 g/mol. The molecule has 0 atom stereocenters. The van der Waals surface area contributed by atoms with Gasteiger partial charge >= 0.3 is 111 Å². The first-order valence-electron chi connectivity index (χ1n) is 13.0. The molecule has 0 N–H and O–H groups in total. The van der Waals surface area contributed by atoms with Gasteiger partial charge in [0.15, 0.2) is 0 Å². The fraction of sp³-hybridized carbons (Fsp3) is 0.118. The van der Waals surface area contributed by atoms with Crippen LogP contribution in [0.4, 0.5) is 0 Å². The number of halogens is 2. The van der Waals surface area contributed by atoms with Crippen molar-refractivity contribution >= 4 is 54.4 Å². The van der Waals surface area contributed by atoms with Crippen LogP contribution in [0.1, 0.15) is 11.1 Å². The molecule has 6 rings (SSSR count). The van der Waals surface area contributed by atoms with E-state index in [9.17, 15) is 0 Å². The van der Waals surface area contributed by atoms with Gasteiger partial charge in [-0.2, -0.15) is 12.1 Å². The summed E-state index contributed by atoms with van der Waals surface area (Å²) in [5.41, 5.74) is 1.68. The van der Waals surface area contributed by atoms with Gasteiger partial charge in [-0.3, -0.25) is 0 Å². The van der Waals surface area contributed by atoms with Crippen molar-refractivity contribution in [1.29, 1.82) is 0 Å². The number of hydrogen-bond donors (Lipinski definition) is 0. The SMILES string of the molecule is COc1cccc2[cH-]c(C)cc12.COc1cccc2[cH-]c(C)cc12.[Cl][Zr]([Cl])=[Si](c1ccccc1)c1ccccc1. The molecular weight excluding hydrogens is 631 g/mol. The monoisotopic (exact) mass is 660 g/mol. The van der Waals surface area contributed by atoms with Crippen LogP contribution in [0, 0.1) is 13.8 Å². The van der Waals surface area contributed by atoms with Crippen molar-refractivity contribution in [2.45, 2.75) is 13.8 Å². The molecular formula is C34H32Cl2O2SiZr-2. The van der Waals surface area contributed by atoms with Crippen LogP contribution in [-0.2, 0) is 18.0 Å². The number of benzene rings is 4. The van der Waals surface area contributed by atoms with Crippen LogP contribution < -0.4 is 19.8 Å². The first kappa shape index (κ1) is 30.3. The molecule has 204 valence electrons. The van der Waals surface area contributed by atoms with Gasteiger partial charge in [0, 0.05) is 0 Å². The van der Waals surface area contributed by atoms with Crippen molar-refractivity contribution in [1.82, 2.24) is 0 Å². The number of methoxy groups -OCH3 is 2. The van der Waals surface area contributed by atoms with Crippen molar-refractivity contribution in [3.8, 4) is 11.5 Å². The molecule has 0 aliphatic rings. The summed E-state index contributed by atoms with van der Waals surface area (Å²) in [6.07, 6.45) is 0. The van der Waals surface area contributed by atoms with E-state index in [4.69, 9.17) is 26.5 Å².